The molecule has 1 aliphatic rings. The maximum Gasteiger partial charge on any atom is 0.298 e. The SMILES string of the molecule is CC(=O)C1CN(c2nc(/C=C/CO[Si](C)(C)C(C)(C)C)cn(-c3ccc(-c4ncccn4)cc3)c2=O)C1. The van der Waals surface area contributed by atoms with Crippen LogP contribution in [0.5, 0.6) is 0 Å². The molecule has 1 saturated heterocycles. The van der Waals surface area contributed by atoms with E-state index in [2.05, 4.69) is 48.8 Å². The zero-order valence-electron chi connectivity index (χ0n) is 22.4. The monoisotopic (exact) mass is 517 g/mol. The van der Waals surface area contributed by atoms with Crippen molar-refractivity contribution in [3.63, 3.8) is 0 Å². The molecular weight excluding hydrogens is 482 g/mol. The van der Waals surface area contributed by atoms with Gasteiger partial charge in [-0.05, 0) is 61.5 Å². The van der Waals surface area contributed by atoms with Gasteiger partial charge < -0.3 is 9.33 Å². The van der Waals surface area contributed by atoms with Crippen molar-refractivity contribution in [3.05, 3.63) is 71.0 Å². The lowest BCUT2D eigenvalue weighted by molar-refractivity contribution is -0.121. The summed E-state index contributed by atoms with van der Waals surface area (Å²) < 4.78 is 7.86. The number of carbonyl (C=O) groups is 1. The molecule has 0 atom stereocenters. The standard InChI is InChI=1S/C28H35N5O3Si/c1-20(34)22-17-32(18-22)26-27(35)33(24-12-10-21(11-13-24)25-29-14-8-15-30-25)19-23(31-26)9-7-16-36-37(5,6)28(2,3)4/h7-15,19,22H,16-18H2,1-6H3/b9-7+. The van der Waals surface area contributed by atoms with E-state index in [-0.39, 0.29) is 22.3 Å². The smallest absolute Gasteiger partial charge is 0.298 e. The third-order valence-corrected chi connectivity index (χ3v) is 11.8. The van der Waals surface area contributed by atoms with Gasteiger partial charge in [0, 0.05) is 42.9 Å². The molecule has 37 heavy (non-hydrogen) atoms. The fourth-order valence-corrected chi connectivity index (χ4v) is 4.69. The van der Waals surface area contributed by atoms with Crippen LogP contribution in [0.3, 0.4) is 0 Å². The molecule has 0 saturated carbocycles. The molecular formula is C28H35N5O3Si. The van der Waals surface area contributed by atoms with Gasteiger partial charge in [-0.15, -0.1) is 0 Å². The van der Waals surface area contributed by atoms with Crippen molar-refractivity contribution < 1.29 is 9.22 Å². The number of Topliss-reactive ketones (excluding diaryl/α,β-unsaturated/α-hetero) is 1. The molecule has 3 aromatic rings. The summed E-state index contributed by atoms with van der Waals surface area (Å²) in [7, 11) is -1.87. The van der Waals surface area contributed by atoms with Gasteiger partial charge >= 0.3 is 0 Å². The van der Waals surface area contributed by atoms with Crippen molar-refractivity contribution in [3.8, 4) is 17.1 Å². The van der Waals surface area contributed by atoms with Gasteiger partial charge in [-0.3, -0.25) is 14.2 Å². The van der Waals surface area contributed by atoms with E-state index < -0.39 is 8.32 Å². The second-order valence-corrected chi connectivity index (χ2v) is 15.8. The second-order valence-electron chi connectivity index (χ2n) is 11.0. The van der Waals surface area contributed by atoms with Crippen molar-refractivity contribution in [2.24, 2.45) is 5.92 Å². The van der Waals surface area contributed by atoms with Crippen LogP contribution in [-0.2, 0) is 9.22 Å². The Morgan fingerprint density at radius 3 is 2.38 bits per heavy atom. The van der Waals surface area contributed by atoms with Crippen molar-refractivity contribution in [2.75, 3.05) is 24.6 Å². The summed E-state index contributed by atoms with van der Waals surface area (Å²) in [6.07, 6.45) is 8.98. The highest BCUT2D eigenvalue weighted by molar-refractivity contribution is 6.74. The summed E-state index contributed by atoms with van der Waals surface area (Å²) in [6, 6.07) is 9.32. The Labute approximate surface area is 219 Å². The fraction of sp³-hybridized carbons (Fsp3) is 0.393. The quantitative estimate of drug-likeness (QED) is 0.398. The normalized spacial score (nSPS) is 14.7. The summed E-state index contributed by atoms with van der Waals surface area (Å²) in [6.45, 7) is 14.2. The molecule has 0 unspecified atom stereocenters. The highest BCUT2D eigenvalue weighted by Crippen LogP contribution is 2.36. The number of ketones is 1. The van der Waals surface area contributed by atoms with Crippen LogP contribution in [0.2, 0.25) is 18.1 Å². The van der Waals surface area contributed by atoms with Gasteiger partial charge in [-0.25, -0.2) is 15.0 Å². The fourth-order valence-electron chi connectivity index (χ4n) is 3.75. The van der Waals surface area contributed by atoms with E-state index in [4.69, 9.17) is 4.43 Å². The predicted molar refractivity (Wildman–Crippen MR) is 149 cm³/mol. The Kier molecular flexibility index (Phi) is 7.56. The Morgan fingerprint density at radius 1 is 1.14 bits per heavy atom. The minimum atomic E-state index is -1.87. The van der Waals surface area contributed by atoms with Crippen LogP contribution >= 0.6 is 0 Å². The topological polar surface area (TPSA) is 90.2 Å². The molecule has 0 amide bonds. The van der Waals surface area contributed by atoms with E-state index in [0.29, 0.717) is 42.7 Å². The summed E-state index contributed by atoms with van der Waals surface area (Å²) in [5, 5.41) is 0.126. The van der Waals surface area contributed by atoms with E-state index in [9.17, 15) is 9.59 Å². The maximum absolute atomic E-state index is 13.5. The van der Waals surface area contributed by atoms with Crippen LogP contribution in [0.15, 0.2) is 59.8 Å². The molecule has 1 aromatic carbocycles. The van der Waals surface area contributed by atoms with Crippen molar-refractivity contribution in [1.29, 1.82) is 0 Å². The van der Waals surface area contributed by atoms with E-state index in [0.717, 1.165) is 5.56 Å². The Balaban J connectivity index is 1.63. The highest BCUT2D eigenvalue weighted by Gasteiger charge is 2.36. The highest BCUT2D eigenvalue weighted by atomic mass is 28.4. The number of hydrogen-bond donors (Lipinski definition) is 0. The number of hydrogen-bond acceptors (Lipinski definition) is 7. The van der Waals surface area contributed by atoms with Gasteiger partial charge in [0.2, 0.25) is 0 Å². The summed E-state index contributed by atoms with van der Waals surface area (Å²) >= 11 is 0. The molecule has 0 aliphatic carbocycles. The molecule has 1 fully saturated rings. The van der Waals surface area contributed by atoms with Gasteiger partial charge in [0.1, 0.15) is 5.78 Å². The number of aromatic nitrogens is 4. The molecule has 1 aliphatic heterocycles. The molecule has 194 valence electrons. The maximum atomic E-state index is 13.5. The molecule has 4 rings (SSSR count). The van der Waals surface area contributed by atoms with Gasteiger partial charge in [-0.1, -0.05) is 26.8 Å². The minimum Gasteiger partial charge on any atom is -0.413 e. The molecule has 2 aromatic heterocycles. The summed E-state index contributed by atoms with van der Waals surface area (Å²) in [4.78, 5) is 40.3. The van der Waals surface area contributed by atoms with E-state index in [1.54, 1.807) is 36.1 Å². The lowest BCUT2D eigenvalue weighted by atomic mass is 9.96. The summed E-state index contributed by atoms with van der Waals surface area (Å²) in [5.74, 6) is 1.05. The Bertz CT molecular complexity index is 1340. The zero-order valence-corrected chi connectivity index (χ0v) is 23.4. The van der Waals surface area contributed by atoms with Crippen LogP contribution in [0, 0.1) is 5.92 Å². The Morgan fingerprint density at radius 2 is 1.78 bits per heavy atom. The largest absolute Gasteiger partial charge is 0.413 e. The first-order valence-corrected chi connectivity index (χ1v) is 15.4. The number of anilines is 1. The lowest BCUT2D eigenvalue weighted by Crippen LogP contribution is -2.52. The first kappa shape index (κ1) is 26.6. The van der Waals surface area contributed by atoms with E-state index >= 15 is 0 Å². The number of nitrogens with zero attached hydrogens (tertiary/aromatic N) is 5. The average molecular weight is 518 g/mol. The average Bonchev–Trinajstić information content (AvgIpc) is 2.82. The molecule has 3 heterocycles. The molecule has 0 bridgehead atoms. The van der Waals surface area contributed by atoms with Crippen molar-refractivity contribution >= 4 is 26.0 Å². The van der Waals surface area contributed by atoms with E-state index in [1.165, 1.54) is 0 Å². The van der Waals surface area contributed by atoms with Crippen LogP contribution < -0.4 is 10.5 Å². The number of carbonyl (C=O) groups excluding carboxylic acids is 1. The second kappa shape index (κ2) is 10.5. The molecule has 0 N–H and O–H groups in total. The minimum absolute atomic E-state index is 0.0583. The van der Waals surface area contributed by atoms with Crippen molar-refractivity contribution in [1.82, 2.24) is 19.5 Å². The lowest BCUT2D eigenvalue weighted by Gasteiger charge is -2.38. The number of rotatable bonds is 8. The predicted octanol–water partition coefficient (Wildman–Crippen LogP) is 4.75. The van der Waals surface area contributed by atoms with Crippen LogP contribution in [-0.4, -0.2) is 53.3 Å². The summed E-state index contributed by atoms with van der Waals surface area (Å²) in [5.41, 5.74) is 2.00. The Hall–Kier alpha value is -3.43. The van der Waals surface area contributed by atoms with Crippen LogP contribution in [0.4, 0.5) is 5.82 Å². The molecule has 0 radical (unpaired) electrons. The van der Waals surface area contributed by atoms with Gasteiger partial charge in [0.25, 0.3) is 5.56 Å². The van der Waals surface area contributed by atoms with Crippen molar-refractivity contribution in [2.45, 2.75) is 45.8 Å². The number of benzene rings is 1. The third kappa shape index (κ3) is 5.94. The zero-order chi connectivity index (χ0) is 26.8. The molecule has 0 spiro atoms. The molecule has 9 heteroatoms. The van der Waals surface area contributed by atoms with Gasteiger partial charge in [0.05, 0.1) is 18.2 Å². The first-order valence-electron chi connectivity index (χ1n) is 12.5. The third-order valence-electron chi connectivity index (χ3n) is 7.27. The van der Waals surface area contributed by atoms with Crippen LogP contribution in [0.25, 0.3) is 23.2 Å². The van der Waals surface area contributed by atoms with Crippen LogP contribution in [0.1, 0.15) is 33.4 Å². The van der Waals surface area contributed by atoms with Gasteiger partial charge in [-0.2, -0.15) is 0 Å². The molecule has 8 nitrogen and oxygen atoms in total. The van der Waals surface area contributed by atoms with E-state index in [1.807, 2.05) is 41.3 Å². The van der Waals surface area contributed by atoms with Gasteiger partial charge in [0.15, 0.2) is 20.0 Å². The first-order chi connectivity index (χ1) is 17.5.